The molecule has 0 aliphatic carbocycles. The molecule has 0 spiro atoms. The Morgan fingerprint density at radius 3 is 2.32 bits per heavy atom. The van der Waals surface area contributed by atoms with E-state index >= 15 is 0 Å². The Balaban J connectivity index is 2.05. The minimum absolute atomic E-state index is 0.177. The van der Waals surface area contributed by atoms with Crippen LogP contribution in [-0.2, 0) is 14.4 Å². The number of esters is 1. The summed E-state index contributed by atoms with van der Waals surface area (Å²) in [4.78, 5) is 15.9. The average molecular weight is 311 g/mol. The van der Waals surface area contributed by atoms with Crippen LogP contribution in [0.5, 0.6) is 5.75 Å². The van der Waals surface area contributed by atoms with Crippen LogP contribution < -0.4 is 0 Å². The number of aromatic hydroxyl groups is 1. The number of rotatable bonds is 10. The van der Waals surface area contributed by atoms with Crippen molar-refractivity contribution in [1.29, 1.82) is 0 Å². The molecule has 1 aromatic carbocycles. The molecule has 0 heterocycles. The standard InChI is InChI=1S/C15H21NO6/c17-14-8-5-13(6-9-14)7-10-15(18)21-11-3-1-2-4-12-22-16(19)20/h5-10,17,19-20H,1-4,11-12H2/b10-7+. The van der Waals surface area contributed by atoms with E-state index in [2.05, 4.69) is 4.84 Å². The number of ether oxygens (including phenoxy) is 1. The van der Waals surface area contributed by atoms with Crippen molar-refractivity contribution in [1.82, 2.24) is 5.39 Å². The van der Waals surface area contributed by atoms with Crippen molar-refractivity contribution in [2.75, 3.05) is 13.2 Å². The molecular formula is C15H21NO6. The number of phenols is 1. The zero-order valence-electron chi connectivity index (χ0n) is 12.2. The maximum Gasteiger partial charge on any atom is 0.330 e. The fraction of sp³-hybridized carbons (Fsp3) is 0.400. The highest BCUT2D eigenvalue weighted by Crippen LogP contribution is 2.10. The number of phenolic OH excluding ortho intramolecular Hbond substituents is 1. The van der Waals surface area contributed by atoms with Gasteiger partial charge in [0.15, 0.2) is 0 Å². The predicted octanol–water partition coefficient (Wildman–Crippen LogP) is 2.52. The Labute approximate surface area is 128 Å². The van der Waals surface area contributed by atoms with Crippen molar-refractivity contribution in [3.05, 3.63) is 35.9 Å². The lowest BCUT2D eigenvalue weighted by molar-refractivity contribution is -0.492. The van der Waals surface area contributed by atoms with E-state index in [0.29, 0.717) is 13.0 Å². The number of nitrogens with zero attached hydrogens (tertiary/aromatic N) is 1. The summed E-state index contributed by atoms with van der Waals surface area (Å²) >= 11 is 0. The van der Waals surface area contributed by atoms with Gasteiger partial charge in [0.05, 0.1) is 18.6 Å². The smallest absolute Gasteiger partial charge is 0.330 e. The fourth-order valence-electron chi connectivity index (χ4n) is 1.67. The van der Waals surface area contributed by atoms with Gasteiger partial charge in [-0.1, -0.05) is 18.6 Å². The van der Waals surface area contributed by atoms with Crippen molar-refractivity contribution < 1.29 is 29.9 Å². The van der Waals surface area contributed by atoms with Gasteiger partial charge >= 0.3 is 5.97 Å². The van der Waals surface area contributed by atoms with Crippen LogP contribution in [0.15, 0.2) is 30.3 Å². The van der Waals surface area contributed by atoms with Crippen molar-refractivity contribution in [3.8, 4) is 5.75 Å². The van der Waals surface area contributed by atoms with Gasteiger partial charge in [-0.25, -0.2) is 4.79 Å². The molecule has 0 fully saturated rings. The Morgan fingerprint density at radius 2 is 1.68 bits per heavy atom. The van der Waals surface area contributed by atoms with Crippen LogP contribution in [0.3, 0.4) is 0 Å². The van der Waals surface area contributed by atoms with Crippen LogP contribution in [0.4, 0.5) is 0 Å². The second kappa shape index (κ2) is 10.7. The first-order chi connectivity index (χ1) is 10.6. The second-order valence-electron chi connectivity index (χ2n) is 4.59. The van der Waals surface area contributed by atoms with Crippen LogP contribution in [0.2, 0.25) is 0 Å². The molecule has 0 amide bonds. The summed E-state index contributed by atoms with van der Waals surface area (Å²) in [6.45, 7) is 0.563. The van der Waals surface area contributed by atoms with Gasteiger partial charge in [0.2, 0.25) is 0 Å². The number of hydrogen-bond acceptors (Lipinski definition) is 7. The van der Waals surface area contributed by atoms with E-state index in [1.807, 2.05) is 0 Å². The molecule has 0 atom stereocenters. The van der Waals surface area contributed by atoms with Crippen LogP contribution in [-0.4, -0.2) is 40.1 Å². The molecule has 3 N–H and O–H groups in total. The topological polar surface area (TPSA) is 99.5 Å². The zero-order chi connectivity index (χ0) is 16.2. The molecule has 22 heavy (non-hydrogen) atoms. The maximum atomic E-state index is 11.5. The highest BCUT2D eigenvalue weighted by atomic mass is 17.1. The number of carbonyl (C=O) groups excluding carboxylic acids is 1. The molecule has 1 rings (SSSR count). The quantitative estimate of drug-likeness (QED) is 0.264. The Hall–Kier alpha value is -1.93. The van der Waals surface area contributed by atoms with E-state index in [0.717, 1.165) is 24.8 Å². The Bertz CT molecular complexity index is 458. The lowest BCUT2D eigenvalue weighted by atomic mass is 10.2. The molecule has 1 aromatic rings. The third-order valence-electron chi connectivity index (χ3n) is 2.79. The first-order valence-corrected chi connectivity index (χ1v) is 7.02. The molecule has 122 valence electrons. The van der Waals surface area contributed by atoms with E-state index in [1.165, 1.54) is 6.08 Å². The van der Waals surface area contributed by atoms with Gasteiger partial charge in [-0.05, 0) is 43.0 Å². The average Bonchev–Trinajstić information content (AvgIpc) is 2.49. The fourth-order valence-corrected chi connectivity index (χ4v) is 1.67. The molecule has 0 saturated carbocycles. The summed E-state index contributed by atoms with van der Waals surface area (Å²) in [5.74, 6) is -0.233. The first-order valence-electron chi connectivity index (χ1n) is 7.02. The van der Waals surface area contributed by atoms with Crippen molar-refractivity contribution >= 4 is 12.0 Å². The largest absolute Gasteiger partial charge is 0.508 e. The maximum absolute atomic E-state index is 11.5. The molecule has 0 unspecified atom stereocenters. The molecular weight excluding hydrogens is 290 g/mol. The predicted molar refractivity (Wildman–Crippen MR) is 77.9 cm³/mol. The van der Waals surface area contributed by atoms with Gasteiger partial charge in [-0.2, -0.15) is 0 Å². The molecule has 7 heteroatoms. The Morgan fingerprint density at radius 1 is 1.05 bits per heavy atom. The lowest BCUT2D eigenvalue weighted by Crippen LogP contribution is -2.14. The number of benzene rings is 1. The van der Waals surface area contributed by atoms with Gasteiger partial charge in [-0.15, -0.1) is 0 Å². The monoisotopic (exact) mass is 311 g/mol. The molecule has 7 nitrogen and oxygen atoms in total. The highest BCUT2D eigenvalue weighted by Gasteiger charge is 1.98. The number of hydrogen-bond donors (Lipinski definition) is 3. The van der Waals surface area contributed by atoms with Crippen molar-refractivity contribution in [3.63, 3.8) is 0 Å². The minimum atomic E-state index is -0.410. The molecule has 0 radical (unpaired) electrons. The minimum Gasteiger partial charge on any atom is -0.508 e. The van der Waals surface area contributed by atoms with Gasteiger partial charge in [0, 0.05) is 6.08 Å². The number of unbranched alkanes of at least 4 members (excludes halogenated alkanes) is 3. The summed E-state index contributed by atoms with van der Waals surface area (Å²) in [7, 11) is 0. The van der Waals surface area contributed by atoms with Crippen LogP contribution in [0.1, 0.15) is 31.2 Å². The summed E-state index contributed by atoms with van der Waals surface area (Å²) in [6, 6.07) is 6.48. The van der Waals surface area contributed by atoms with Gasteiger partial charge in [-0.3, -0.25) is 15.3 Å². The van der Waals surface area contributed by atoms with E-state index < -0.39 is 5.97 Å². The molecule has 0 aliphatic rings. The summed E-state index contributed by atoms with van der Waals surface area (Å²) in [5.41, 5.74) is 0.802. The molecule has 0 aliphatic heterocycles. The lowest BCUT2D eigenvalue weighted by Gasteiger charge is -2.05. The Kier molecular flexibility index (Phi) is 8.85. The van der Waals surface area contributed by atoms with Crippen LogP contribution in [0, 0.1) is 0 Å². The third-order valence-corrected chi connectivity index (χ3v) is 2.79. The van der Waals surface area contributed by atoms with Crippen molar-refractivity contribution in [2.45, 2.75) is 25.7 Å². The van der Waals surface area contributed by atoms with Crippen molar-refractivity contribution in [2.24, 2.45) is 0 Å². The summed E-state index contributed by atoms with van der Waals surface area (Å²) in [6.07, 6.45) is 6.09. The summed E-state index contributed by atoms with van der Waals surface area (Å²) < 4.78 is 5.04. The molecule has 0 aromatic heterocycles. The van der Waals surface area contributed by atoms with E-state index in [9.17, 15) is 4.79 Å². The van der Waals surface area contributed by atoms with E-state index in [-0.39, 0.29) is 17.7 Å². The van der Waals surface area contributed by atoms with Gasteiger partial charge < -0.3 is 9.84 Å². The SMILES string of the molecule is O=C(/C=C/c1ccc(O)cc1)OCCCCCCON(O)O. The molecule has 0 bridgehead atoms. The van der Waals surface area contributed by atoms with Crippen LogP contribution >= 0.6 is 0 Å². The third kappa shape index (κ3) is 9.09. The second-order valence-corrected chi connectivity index (χ2v) is 4.59. The van der Waals surface area contributed by atoms with E-state index in [1.54, 1.807) is 30.3 Å². The normalized spacial score (nSPS) is 11.2. The van der Waals surface area contributed by atoms with E-state index in [4.69, 9.17) is 20.3 Å². The highest BCUT2D eigenvalue weighted by molar-refractivity contribution is 5.87. The van der Waals surface area contributed by atoms with Gasteiger partial charge in [0.25, 0.3) is 0 Å². The van der Waals surface area contributed by atoms with Crippen LogP contribution in [0.25, 0.3) is 6.08 Å². The molecule has 0 saturated heterocycles. The zero-order valence-corrected chi connectivity index (χ0v) is 12.2. The first kappa shape index (κ1) is 18.1. The summed E-state index contributed by atoms with van der Waals surface area (Å²) in [5, 5.41) is 25.4. The number of carbonyl (C=O) groups is 1. The van der Waals surface area contributed by atoms with Gasteiger partial charge in [0.1, 0.15) is 5.75 Å².